The van der Waals surface area contributed by atoms with Gasteiger partial charge in [-0.2, -0.15) is 0 Å². The lowest BCUT2D eigenvalue weighted by atomic mass is 9.97. The van der Waals surface area contributed by atoms with Gasteiger partial charge in [0, 0.05) is 24.3 Å². The van der Waals surface area contributed by atoms with E-state index in [-0.39, 0.29) is 24.0 Å². The average molecular weight is 347 g/mol. The molecule has 2 N–H and O–H groups in total. The predicted molar refractivity (Wildman–Crippen MR) is 98.6 cm³/mol. The van der Waals surface area contributed by atoms with Crippen molar-refractivity contribution in [3.63, 3.8) is 0 Å². The summed E-state index contributed by atoms with van der Waals surface area (Å²) in [6, 6.07) is 12.6. The number of benzene rings is 1. The zero-order chi connectivity index (χ0) is 17.7. The third-order valence-corrected chi connectivity index (χ3v) is 5.72. The molecule has 6 heteroatoms. The molecule has 0 spiro atoms. The lowest BCUT2D eigenvalue weighted by Crippen LogP contribution is -2.40. The third kappa shape index (κ3) is 2.41. The molecule has 1 aromatic carbocycles. The molecule has 2 saturated heterocycles. The summed E-state index contributed by atoms with van der Waals surface area (Å²) in [6.07, 6.45) is 6.45. The SMILES string of the molecule is N[C@H]1C[C@H]2CC[C@@H]1N2C(=O)c1cnc2c(c1)ncn2Cc1ccccc1. The molecular formula is C20H21N5O. The lowest BCUT2D eigenvalue weighted by Gasteiger charge is -2.22. The van der Waals surface area contributed by atoms with Crippen LogP contribution in [0.3, 0.4) is 0 Å². The van der Waals surface area contributed by atoms with Gasteiger partial charge in [0.2, 0.25) is 0 Å². The quantitative estimate of drug-likeness (QED) is 0.788. The maximum absolute atomic E-state index is 13.0. The maximum atomic E-state index is 13.0. The molecule has 6 nitrogen and oxygen atoms in total. The Morgan fingerprint density at radius 3 is 2.77 bits per heavy atom. The van der Waals surface area contributed by atoms with Crippen molar-refractivity contribution in [1.82, 2.24) is 19.4 Å². The molecule has 2 fully saturated rings. The van der Waals surface area contributed by atoms with Crippen molar-refractivity contribution in [2.45, 2.75) is 43.9 Å². The summed E-state index contributed by atoms with van der Waals surface area (Å²) in [5.41, 5.74) is 9.51. The first-order chi connectivity index (χ1) is 12.7. The van der Waals surface area contributed by atoms with Gasteiger partial charge in [-0.15, -0.1) is 0 Å². The number of carbonyl (C=O) groups excluding carboxylic acids is 1. The summed E-state index contributed by atoms with van der Waals surface area (Å²) < 4.78 is 2.01. The minimum Gasteiger partial charge on any atom is -0.331 e. The van der Waals surface area contributed by atoms with E-state index in [0.717, 1.165) is 30.4 Å². The van der Waals surface area contributed by atoms with Crippen LogP contribution < -0.4 is 5.73 Å². The first-order valence-electron chi connectivity index (χ1n) is 9.14. The van der Waals surface area contributed by atoms with Gasteiger partial charge in [-0.05, 0) is 30.9 Å². The molecule has 1 amide bonds. The fraction of sp³-hybridized carbons (Fsp3) is 0.350. The van der Waals surface area contributed by atoms with Crippen LogP contribution in [0.1, 0.15) is 35.2 Å². The molecule has 0 aliphatic carbocycles. The Morgan fingerprint density at radius 1 is 1.19 bits per heavy atom. The Morgan fingerprint density at radius 2 is 2.04 bits per heavy atom. The first kappa shape index (κ1) is 15.5. The highest BCUT2D eigenvalue weighted by Crippen LogP contribution is 2.37. The summed E-state index contributed by atoms with van der Waals surface area (Å²) in [5, 5.41) is 0. The van der Waals surface area contributed by atoms with E-state index in [4.69, 9.17) is 5.73 Å². The molecule has 5 rings (SSSR count). The van der Waals surface area contributed by atoms with Crippen LogP contribution in [-0.2, 0) is 6.54 Å². The minimum absolute atomic E-state index is 0.0393. The number of aromatic nitrogens is 3. The van der Waals surface area contributed by atoms with Gasteiger partial charge in [-0.1, -0.05) is 30.3 Å². The van der Waals surface area contributed by atoms with Gasteiger partial charge in [-0.3, -0.25) is 4.79 Å². The second-order valence-electron chi connectivity index (χ2n) is 7.34. The summed E-state index contributed by atoms with van der Waals surface area (Å²) >= 11 is 0. The number of imidazole rings is 1. The third-order valence-electron chi connectivity index (χ3n) is 5.72. The highest BCUT2D eigenvalue weighted by atomic mass is 16.2. The molecule has 2 aromatic heterocycles. The highest BCUT2D eigenvalue weighted by Gasteiger charge is 2.47. The summed E-state index contributed by atoms with van der Waals surface area (Å²) in [5.74, 6) is 0.0393. The van der Waals surface area contributed by atoms with Crippen LogP contribution in [0, 0.1) is 0 Å². The number of nitrogens with two attached hydrogens (primary N) is 1. The molecule has 0 radical (unpaired) electrons. The minimum atomic E-state index is 0.0393. The number of hydrogen-bond donors (Lipinski definition) is 1. The van der Waals surface area contributed by atoms with Gasteiger partial charge in [-0.25, -0.2) is 9.97 Å². The molecule has 0 saturated carbocycles. The number of pyridine rings is 1. The maximum Gasteiger partial charge on any atom is 0.256 e. The van der Waals surface area contributed by atoms with Gasteiger partial charge < -0.3 is 15.2 Å². The number of hydrogen-bond acceptors (Lipinski definition) is 4. The number of fused-ring (bicyclic) bond motifs is 3. The van der Waals surface area contributed by atoms with E-state index in [1.807, 2.05) is 33.7 Å². The topological polar surface area (TPSA) is 77.0 Å². The van der Waals surface area contributed by atoms with Crippen LogP contribution in [0.15, 0.2) is 48.9 Å². The lowest BCUT2D eigenvalue weighted by molar-refractivity contribution is 0.0726. The number of carbonyl (C=O) groups is 1. The zero-order valence-corrected chi connectivity index (χ0v) is 14.5. The van der Waals surface area contributed by atoms with Crippen LogP contribution in [0.4, 0.5) is 0 Å². The van der Waals surface area contributed by atoms with E-state index in [0.29, 0.717) is 12.1 Å². The van der Waals surface area contributed by atoms with E-state index in [1.165, 1.54) is 5.56 Å². The summed E-state index contributed by atoms with van der Waals surface area (Å²) in [6.45, 7) is 0.711. The van der Waals surface area contributed by atoms with Crippen molar-refractivity contribution in [3.8, 4) is 0 Å². The van der Waals surface area contributed by atoms with Crippen LogP contribution in [0.5, 0.6) is 0 Å². The molecular weight excluding hydrogens is 326 g/mol. The van der Waals surface area contributed by atoms with Crippen molar-refractivity contribution >= 4 is 17.1 Å². The standard InChI is InChI=1S/C20H21N5O/c21-16-9-15-6-7-18(16)25(15)20(26)14-8-17-19(22-10-14)24(12-23-17)11-13-4-2-1-3-5-13/h1-5,8,10,12,15-16,18H,6-7,9,11,21H2/t15-,16+,18+/m1/s1. The predicted octanol–water partition coefficient (Wildman–Crippen LogP) is 2.18. The highest BCUT2D eigenvalue weighted by molar-refractivity contribution is 5.97. The molecule has 0 unspecified atom stereocenters. The van der Waals surface area contributed by atoms with Gasteiger partial charge >= 0.3 is 0 Å². The molecule has 4 heterocycles. The van der Waals surface area contributed by atoms with Crippen molar-refractivity contribution in [2.24, 2.45) is 5.73 Å². The Labute approximate surface area is 151 Å². The first-order valence-corrected chi connectivity index (χ1v) is 9.14. The summed E-state index contributed by atoms with van der Waals surface area (Å²) in [7, 11) is 0. The van der Waals surface area contributed by atoms with Crippen LogP contribution in [0.2, 0.25) is 0 Å². The monoisotopic (exact) mass is 347 g/mol. The van der Waals surface area contributed by atoms with E-state index < -0.39 is 0 Å². The van der Waals surface area contributed by atoms with Crippen LogP contribution >= 0.6 is 0 Å². The second-order valence-corrected chi connectivity index (χ2v) is 7.34. The van der Waals surface area contributed by atoms with Crippen LogP contribution in [-0.4, -0.2) is 43.5 Å². The molecule has 2 aliphatic rings. The molecule has 26 heavy (non-hydrogen) atoms. The number of rotatable bonds is 3. The average Bonchev–Trinajstić information content (AvgIpc) is 3.34. The Balaban J connectivity index is 1.43. The largest absolute Gasteiger partial charge is 0.331 e. The van der Waals surface area contributed by atoms with Gasteiger partial charge in [0.25, 0.3) is 5.91 Å². The van der Waals surface area contributed by atoms with Gasteiger partial charge in [0.15, 0.2) is 5.65 Å². The number of nitrogens with zero attached hydrogens (tertiary/aromatic N) is 4. The molecule has 3 aromatic rings. The Kier molecular flexibility index (Phi) is 3.53. The normalized spacial score (nSPS) is 24.5. The molecule has 132 valence electrons. The van der Waals surface area contributed by atoms with Crippen molar-refractivity contribution in [2.75, 3.05) is 0 Å². The molecule has 2 aliphatic heterocycles. The van der Waals surface area contributed by atoms with Gasteiger partial charge in [0.05, 0.1) is 18.4 Å². The van der Waals surface area contributed by atoms with E-state index in [1.54, 1.807) is 12.5 Å². The number of amides is 1. The van der Waals surface area contributed by atoms with Crippen molar-refractivity contribution < 1.29 is 4.79 Å². The molecule has 3 atom stereocenters. The Bertz CT molecular complexity index is 967. The van der Waals surface area contributed by atoms with Crippen LogP contribution in [0.25, 0.3) is 11.2 Å². The van der Waals surface area contributed by atoms with Crippen molar-refractivity contribution in [1.29, 1.82) is 0 Å². The van der Waals surface area contributed by atoms with Crippen molar-refractivity contribution in [3.05, 3.63) is 60.0 Å². The fourth-order valence-electron chi connectivity index (χ4n) is 4.46. The van der Waals surface area contributed by atoms with E-state index >= 15 is 0 Å². The van der Waals surface area contributed by atoms with Gasteiger partial charge in [0.1, 0.15) is 5.52 Å². The van der Waals surface area contributed by atoms with E-state index in [9.17, 15) is 4.79 Å². The second kappa shape index (κ2) is 5.92. The smallest absolute Gasteiger partial charge is 0.256 e. The molecule has 2 bridgehead atoms. The Hall–Kier alpha value is -2.73. The van der Waals surface area contributed by atoms with E-state index in [2.05, 4.69) is 22.1 Å². The summed E-state index contributed by atoms with van der Waals surface area (Å²) in [4.78, 5) is 24.0. The fourth-order valence-corrected chi connectivity index (χ4v) is 4.46. The zero-order valence-electron chi connectivity index (χ0n) is 14.5.